The van der Waals surface area contributed by atoms with Crippen LogP contribution in [0.4, 0.5) is 5.69 Å². The van der Waals surface area contributed by atoms with E-state index in [9.17, 15) is 9.59 Å². The topological polar surface area (TPSA) is 83.6 Å². The third-order valence-corrected chi connectivity index (χ3v) is 2.37. The predicted octanol–water partition coefficient (Wildman–Crippen LogP) is 1.01. The number of nitrogens with two attached hydrogens (primary N) is 1. The first-order chi connectivity index (χ1) is 8.56. The summed E-state index contributed by atoms with van der Waals surface area (Å²) in [5, 5.41) is 8.85. The van der Waals surface area contributed by atoms with Gasteiger partial charge in [0.2, 0.25) is 5.91 Å². The largest absolute Gasteiger partial charge is 0.480 e. The summed E-state index contributed by atoms with van der Waals surface area (Å²) >= 11 is 0. The number of carbonyl (C=O) groups is 2. The van der Waals surface area contributed by atoms with Crippen molar-refractivity contribution >= 4 is 17.6 Å². The molecule has 1 rings (SSSR count). The van der Waals surface area contributed by atoms with E-state index in [1.165, 1.54) is 6.08 Å². The molecule has 0 bridgehead atoms. The molecule has 1 aromatic carbocycles. The fraction of sp³-hybridized carbons (Fsp3) is 0.231. The summed E-state index contributed by atoms with van der Waals surface area (Å²) in [7, 11) is 0. The summed E-state index contributed by atoms with van der Waals surface area (Å²) in [6.45, 7) is 3.10. The minimum atomic E-state index is -1.09. The Kier molecular flexibility index (Phi) is 5.07. The molecule has 0 spiro atoms. The van der Waals surface area contributed by atoms with Gasteiger partial charge in [-0.3, -0.25) is 14.5 Å². The minimum Gasteiger partial charge on any atom is -0.480 e. The summed E-state index contributed by atoms with van der Waals surface area (Å²) in [6, 6.07) is 7.81. The van der Waals surface area contributed by atoms with Gasteiger partial charge in [-0.1, -0.05) is 24.3 Å². The van der Waals surface area contributed by atoms with E-state index in [-0.39, 0.29) is 0 Å². The number of benzene rings is 1. The number of para-hydroxylation sites is 1. The lowest BCUT2D eigenvalue weighted by atomic mass is 10.1. The second-order valence-corrected chi connectivity index (χ2v) is 3.78. The smallest absolute Gasteiger partial charge is 0.323 e. The first-order valence-corrected chi connectivity index (χ1v) is 5.51. The quantitative estimate of drug-likeness (QED) is 0.736. The normalized spacial score (nSPS) is 11.6. The molecule has 0 saturated heterocycles. The molecular weight excluding hydrogens is 232 g/mol. The lowest BCUT2D eigenvalue weighted by Crippen LogP contribution is -2.45. The van der Waals surface area contributed by atoms with E-state index in [0.717, 1.165) is 4.90 Å². The summed E-state index contributed by atoms with van der Waals surface area (Å²) in [4.78, 5) is 24.0. The lowest BCUT2D eigenvalue weighted by molar-refractivity contribution is -0.136. The average molecular weight is 248 g/mol. The predicted molar refractivity (Wildman–Crippen MR) is 69.2 cm³/mol. The molecule has 5 heteroatoms. The number of amides is 1. The van der Waals surface area contributed by atoms with Gasteiger partial charge in [0, 0.05) is 5.69 Å². The van der Waals surface area contributed by atoms with Crippen LogP contribution in [0.15, 0.2) is 43.0 Å². The molecule has 1 unspecified atom stereocenters. The molecule has 1 atom stereocenters. The molecule has 96 valence electrons. The first kappa shape index (κ1) is 13.9. The van der Waals surface area contributed by atoms with Crippen molar-refractivity contribution in [2.75, 3.05) is 11.4 Å². The number of rotatable bonds is 6. The van der Waals surface area contributed by atoms with Crippen molar-refractivity contribution in [1.82, 2.24) is 0 Å². The maximum Gasteiger partial charge on any atom is 0.323 e. The van der Waals surface area contributed by atoms with Gasteiger partial charge in [0.05, 0.1) is 6.04 Å². The van der Waals surface area contributed by atoms with Gasteiger partial charge in [-0.15, -0.1) is 6.58 Å². The van der Waals surface area contributed by atoms with E-state index in [1.54, 1.807) is 30.3 Å². The SMILES string of the molecule is C=CCC(N)C(=O)N(CC(=O)O)c1ccccc1. The van der Waals surface area contributed by atoms with Crippen molar-refractivity contribution in [2.24, 2.45) is 5.73 Å². The highest BCUT2D eigenvalue weighted by Gasteiger charge is 2.23. The van der Waals surface area contributed by atoms with Crippen LogP contribution in [-0.2, 0) is 9.59 Å². The Hall–Kier alpha value is -2.14. The standard InChI is InChI=1S/C13H16N2O3/c1-2-6-11(14)13(18)15(9-12(16)17)10-7-4-3-5-8-10/h2-5,7-8,11H,1,6,9,14H2,(H,16,17). The number of anilines is 1. The van der Waals surface area contributed by atoms with E-state index in [4.69, 9.17) is 10.8 Å². The maximum absolute atomic E-state index is 12.1. The van der Waals surface area contributed by atoms with E-state index in [2.05, 4.69) is 6.58 Å². The Labute approximate surface area is 106 Å². The molecule has 0 heterocycles. The van der Waals surface area contributed by atoms with Gasteiger partial charge in [-0.2, -0.15) is 0 Å². The van der Waals surface area contributed by atoms with E-state index in [1.807, 2.05) is 0 Å². The van der Waals surface area contributed by atoms with Gasteiger partial charge in [0.1, 0.15) is 6.54 Å². The monoisotopic (exact) mass is 248 g/mol. The van der Waals surface area contributed by atoms with E-state index < -0.39 is 24.5 Å². The van der Waals surface area contributed by atoms with Crippen molar-refractivity contribution in [1.29, 1.82) is 0 Å². The Morgan fingerprint density at radius 2 is 2.00 bits per heavy atom. The summed E-state index contributed by atoms with van der Waals surface area (Å²) in [5.74, 6) is -1.51. The number of hydrogen-bond donors (Lipinski definition) is 2. The van der Waals surface area contributed by atoms with Gasteiger partial charge in [0.25, 0.3) is 0 Å². The second-order valence-electron chi connectivity index (χ2n) is 3.78. The molecule has 0 fully saturated rings. The minimum absolute atomic E-state index is 0.307. The summed E-state index contributed by atoms with van der Waals surface area (Å²) in [5.41, 5.74) is 6.20. The Morgan fingerprint density at radius 3 is 2.50 bits per heavy atom. The van der Waals surface area contributed by atoms with Crippen LogP contribution in [0.3, 0.4) is 0 Å². The van der Waals surface area contributed by atoms with Crippen molar-refractivity contribution in [3.63, 3.8) is 0 Å². The fourth-order valence-corrected chi connectivity index (χ4v) is 1.52. The van der Waals surface area contributed by atoms with Gasteiger partial charge in [0.15, 0.2) is 0 Å². The number of hydrogen-bond acceptors (Lipinski definition) is 3. The van der Waals surface area contributed by atoms with Gasteiger partial charge in [-0.25, -0.2) is 0 Å². The van der Waals surface area contributed by atoms with Crippen molar-refractivity contribution < 1.29 is 14.7 Å². The molecule has 0 aliphatic rings. The van der Waals surface area contributed by atoms with Crippen LogP contribution in [0.1, 0.15) is 6.42 Å². The molecule has 0 aliphatic carbocycles. The highest BCUT2D eigenvalue weighted by molar-refractivity contribution is 6.00. The number of carboxylic acid groups (broad SMARTS) is 1. The van der Waals surface area contributed by atoms with Crippen LogP contribution >= 0.6 is 0 Å². The molecule has 1 aromatic rings. The van der Waals surface area contributed by atoms with Crippen LogP contribution in [0, 0.1) is 0 Å². The molecule has 0 saturated carbocycles. The Morgan fingerprint density at radius 1 is 1.39 bits per heavy atom. The molecule has 18 heavy (non-hydrogen) atoms. The zero-order chi connectivity index (χ0) is 13.5. The maximum atomic E-state index is 12.1. The third-order valence-electron chi connectivity index (χ3n) is 2.37. The summed E-state index contributed by atoms with van der Waals surface area (Å²) < 4.78 is 0. The van der Waals surface area contributed by atoms with Gasteiger partial charge >= 0.3 is 5.97 Å². The lowest BCUT2D eigenvalue weighted by Gasteiger charge is -2.23. The fourth-order valence-electron chi connectivity index (χ4n) is 1.52. The highest BCUT2D eigenvalue weighted by Crippen LogP contribution is 2.14. The van der Waals surface area contributed by atoms with E-state index >= 15 is 0 Å². The van der Waals surface area contributed by atoms with Crippen LogP contribution in [-0.4, -0.2) is 29.6 Å². The van der Waals surface area contributed by atoms with Crippen LogP contribution < -0.4 is 10.6 Å². The zero-order valence-electron chi connectivity index (χ0n) is 9.95. The summed E-state index contributed by atoms with van der Waals surface area (Å²) in [6.07, 6.45) is 1.84. The molecule has 5 nitrogen and oxygen atoms in total. The van der Waals surface area contributed by atoms with E-state index in [0.29, 0.717) is 12.1 Å². The Bertz CT molecular complexity index is 431. The van der Waals surface area contributed by atoms with Crippen LogP contribution in [0.25, 0.3) is 0 Å². The molecule has 1 amide bonds. The molecular formula is C13H16N2O3. The van der Waals surface area contributed by atoms with Gasteiger partial charge in [-0.05, 0) is 18.6 Å². The number of carbonyl (C=O) groups excluding carboxylic acids is 1. The second kappa shape index (κ2) is 6.56. The molecule has 0 radical (unpaired) electrons. The van der Waals surface area contributed by atoms with Crippen molar-refractivity contribution in [2.45, 2.75) is 12.5 Å². The zero-order valence-corrected chi connectivity index (χ0v) is 9.95. The Balaban J connectivity index is 2.95. The van der Waals surface area contributed by atoms with Crippen LogP contribution in [0.5, 0.6) is 0 Å². The molecule has 0 aliphatic heterocycles. The number of nitrogens with zero attached hydrogens (tertiary/aromatic N) is 1. The first-order valence-electron chi connectivity index (χ1n) is 5.51. The number of aliphatic carboxylic acids is 1. The van der Waals surface area contributed by atoms with Gasteiger partial charge < -0.3 is 10.8 Å². The van der Waals surface area contributed by atoms with Crippen molar-refractivity contribution in [3.8, 4) is 0 Å². The van der Waals surface area contributed by atoms with Crippen LogP contribution in [0.2, 0.25) is 0 Å². The molecule has 0 aromatic heterocycles. The highest BCUT2D eigenvalue weighted by atomic mass is 16.4. The van der Waals surface area contributed by atoms with Crippen molar-refractivity contribution in [3.05, 3.63) is 43.0 Å². The third kappa shape index (κ3) is 3.71. The average Bonchev–Trinajstić information content (AvgIpc) is 2.36. The number of carboxylic acids is 1. The molecule has 3 N–H and O–H groups in total.